The zero-order valence-electron chi connectivity index (χ0n) is 9.29. The van der Waals surface area contributed by atoms with Crippen LogP contribution in [0.1, 0.15) is 36.3 Å². The quantitative estimate of drug-likeness (QED) is 0.694. The van der Waals surface area contributed by atoms with Crippen molar-refractivity contribution in [3.8, 4) is 0 Å². The molecule has 15 heavy (non-hydrogen) atoms. The summed E-state index contributed by atoms with van der Waals surface area (Å²) in [5, 5.41) is -0.0411. The maximum atomic E-state index is 6.48. The van der Waals surface area contributed by atoms with Gasteiger partial charge < -0.3 is 4.74 Å². The third-order valence-corrected chi connectivity index (χ3v) is 3.87. The van der Waals surface area contributed by atoms with E-state index in [2.05, 4.69) is 38.1 Å². The number of alkyl halides is 1. The van der Waals surface area contributed by atoms with E-state index >= 15 is 0 Å². The highest BCUT2D eigenvalue weighted by atomic mass is 35.5. The van der Waals surface area contributed by atoms with Gasteiger partial charge in [-0.2, -0.15) is 0 Å². The van der Waals surface area contributed by atoms with E-state index in [0.29, 0.717) is 0 Å². The first-order valence-electron chi connectivity index (χ1n) is 5.46. The predicted molar refractivity (Wildman–Crippen MR) is 63.4 cm³/mol. The molecule has 0 spiro atoms. The van der Waals surface area contributed by atoms with Gasteiger partial charge in [-0.3, -0.25) is 0 Å². The van der Waals surface area contributed by atoms with Gasteiger partial charge >= 0.3 is 0 Å². The largest absolute Gasteiger partial charge is 0.373 e. The lowest BCUT2D eigenvalue weighted by atomic mass is 9.92. The second-order valence-corrected chi connectivity index (χ2v) is 4.97. The minimum atomic E-state index is -0.184. The third kappa shape index (κ3) is 2.19. The van der Waals surface area contributed by atoms with Crippen LogP contribution in [0.4, 0.5) is 0 Å². The molecule has 0 aromatic heterocycles. The Morgan fingerprint density at radius 1 is 1.33 bits per heavy atom. The molecular weight excluding hydrogens is 208 g/mol. The molecule has 1 aromatic rings. The van der Waals surface area contributed by atoms with Crippen molar-refractivity contribution in [2.24, 2.45) is 0 Å². The highest BCUT2D eigenvalue weighted by molar-refractivity contribution is 6.21. The van der Waals surface area contributed by atoms with Gasteiger partial charge in [0.1, 0.15) is 0 Å². The van der Waals surface area contributed by atoms with Crippen molar-refractivity contribution in [1.82, 2.24) is 0 Å². The van der Waals surface area contributed by atoms with Crippen LogP contribution in [0.2, 0.25) is 0 Å². The predicted octanol–water partition coefficient (Wildman–Crippen LogP) is 3.84. The van der Waals surface area contributed by atoms with Crippen LogP contribution in [0, 0.1) is 6.92 Å². The fourth-order valence-corrected chi connectivity index (χ4v) is 2.41. The monoisotopic (exact) mass is 224 g/mol. The molecule has 1 aliphatic heterocycles. The zero-order valence-corrected chi connectivity index (χ0v) is 10.1. The number of halogens is 1. The molecule has 0 N–H and O–H groups in total. The SMILES string of the molecule is Cc1ccc(C(Cl)C2(C)CCCO2)cc1. The fourth-order valence-electron chi connectivity index (χ4n) is 2.09. The summed E-state index contributed by atoms with van der Waals surface area (Å²) in [6, 6.07) is 8.39. The number of hydrogen-bond acceptors (Lipinski definition) is 1. The van der Waals surface area contributed by atoms with Crippen LogP contribution in [0.3, 0.4) is 0 Å². The highest BCUT2D eigenvalue weighted by Crippen LogP contribution is 2.41. The Morgan fingerprint density at radius 3 is 2.53 bits per heavy atom. The lowest BCUT2D eigenvalue weighted by molar-refractivity contribution is 0.0164. The van der Waals surface area contributed by atoms with Gasteiger partial charge in [-0.05, 0) is 32.3 Å². The summed E-state index contributed by atoms with van der Waals surface area (Å²) in [6.45, 7) is 5.03. The summed E-state index contributed by atoms with van der Waals surface area (Å²) in [6.07, 6.45) is 2.17. The van der Waals surface area contributed by atoms with Crippen LogP contribution in [0.5, 0.6) is 0 Å². The van der Waals surface area contributed by atoms with Crippen molar-refractivity contribution < 1.29 is 4.74 Å². The summed E-state index contributed by atoms with van der Waals surface area (Å²) in [7, 11) is 0. The van der Waals surface area contributed by atoms with Gasteiger partial charge in [0.25, 0.3) is 0 Å². The molecule has 82 valence electrons. The maximum Gasteiger partial charge on any atom is 0.0872 e. The molecule has 0 aliphatic carbocycles. The lowest BCUT2D eigenvalue weighted by Gasteiger charge is -2.29. The Bertz CT molecular complexity index is 325. The van der Waals surface area contributed by atoms with Gasteiger partial charge in [0.2, 0.25) is 0 Å². The van der Waals surface area contributed by atoms with E-state index in [0.717, 1.165) is 25.0 Å². The Labute approximate surface area is 96.4 Å². The highest BCUT2D eigenvalue weighted by Gasteiger charge is 2.38. The Balaban J connectivity index is 2.19. The average Bonchev–Trinajstić information content (AvgIpc) is 2.67. The molecule has 0 bridgehead atoms. The summed E-state index contributed by atoms with van der Waals surface area (Å²) in [4.78, 5) is 0. The van der Waals surface area contributed by atoms with Crippen molar-refractivity contribution in [3.63, 3.8) is 0 Å². The second kappa shape index (κ2) is 4.15. The molecule has 1 fully saturated rings. The van der Waals surface area contributed by atoms with Gasteiger partial charge in [0, 0.05) is 6.61 Å². The molecule has 2 unspecified atom stereocenters. The van der Waals surface area contributed by atoms with E-state index in [9.17, 15) is 0 Å². The molecule has 2 atom stereocenters. The molecule has 1 nitrogen and oxygen atoms in total. The van der Waals surface area contributed by atoms with Gasteiger partial charge in [-0.1, -0.05) is 29.8 Å². The lowest BCUT2D eigenvalue weighted by Crippen LogP contribution is -2.28. The van der Waals surface area contributed by atoms with Gasteiger partial charge in [0.05, 0.1) is 11.0 Å². The number of hydrogen-bond donors (Lipinski definition) is 0. The first-order chi connectivity index (χ1) is 7.12. The van der Waals surface area contributed by atoms with Crippen molar-refractivity contribution in [2.45, 2.75) is 37.7 Å². The first kappa shape index (κ1) is 11.0. The zero-order chi connectivity index (χ0) is 10.9. The van der Waals surface area contributed by atoms with E-state index in [1.807, 2.05) is 0 Å². The van der Waals surface area contributed by atoms with E-state index in [4.69, 9.17) is 16.3 Å². The molecule has 0 radical (unpaired) electrons. The average molecular weight is 225 g/mol. The molecule has 0 saturated carbocycles. The summed E-state index contributed by atoms with van der Waals surface area (Å²) in [5.41, 5.74) is 2.24. The second-order valence-electron chi connectivity index (χ2n) is 4.54. The standard InChI is InChI=1S/C13H17ClO/c1-10-4-6-11(7-5-10)12(14)13(2)8-3-9-15-13/h4-7,12H,3,8-9H2,1-2H3. The van der Waals surface area contributed by atoms with Crippen LogP contribution < -0.4 is 0 Å². The van der Waals surface area contributed by atoms with Crippen LogP contribution in [0.25, 0.3) is 0 Å². The fraction of sp³-hybridized carbons (Fsp3) is 0.538. The molecule has 1 aromatic carbocycles. The van der Waals surface area contributed by atoms with Crippen LogP contribution in [0.15, 0.2) is 24.3 Å². The van der Waals surface area contributed by atoms with Gasteiger partial charge in [-0.15, -0.1) is 11.6 Å². The topological polar surface area (TPSA) is 9.23 Å². The number of ether oxygens (including phenoxy) is 1. The van der Waals surface area contributed by atoms with Crippen molar-refractivity contribution in [3.05, 3.63) is 35.4 Å². The Hall–Kier alpha value is -0.530. The van der Waals surface area contributed by atoms with Crippen molar-refractivity contribution >= 4 is 11.6 Å². The Morgan fingerprint density at radius 2 is 2.00 bits per heavy atom. The normalized spacial score (nSPS) is 27.9. The Kier molecular flexibility index (Phi) is 3.03. The number of rotatable bonds is 2. The van der Waals surface area contributed by atoms with Crippen LogP contribution in [-0.4, -0.2) is 12.2 Å². The molecule has 1 aliphatic rings. The third-order valence-electron chi connectivity index (χ3n) is 3.16. The maximum absolute atomic E-state index is 6.48. The van der Waals surface area contributed by atoms with E-state index in [1.54, 1.807) is 0 Å². The summed E-state index contributed by atoms with van der Waals surface area (Å²) >= 11 is 6.48. The summed E-state index contributed by atoms with van der Waals surface area (Å²) < 4.78 is 5.75. The number of aryl methyl sites for hydroxylation is 1. The van der Waals surface area contributed by atoms with E-state index < -0.39 is 0 Å². The van der Waals surface area contributed by atoms with Gasteiger partial charge in [-0.25, -0.2) is 0 Å². The van der Waals surface area contributed by atoms with E-state index in [1.165, 1.54) is 5.56 Å². The smallest absolute Gasteiger partial charge is 0.0872 e. The molecule has 1 saturated heterocycles. The molecule has 2 rings (SSSR count). The van der Waals surface area contributed by atoms with Crippen LogP contribution in [-0.2, 0) is 4.74 Å². The number of benzene rings is 1. The van der Waals surface area contributed by atoms with Gasteiger partial charge in [0.15, 0.2) is 0 Å². The van der Waals surface area contributed by atoms with Crippen molar-refractivity contribution in [2.75, 3.05) is 6.61 Å². The van der Waals surface area contributed by atoms with E-state index in [-0.39, 0.29) is 11.0 Å². The molecule has 0 amide bonds. The first-order valence-corrected chi connectivity index (χ1v) is 5.90. The van der Waals surface area contributed by atoms with Crippen molar-refractivity contribution in [1.29, 1.82) is 0 Å². The van der Waals surface area contributed by atoms with Crippen LogP contribution >= 0.6 is 11.6 Å². The molecule has 2 heteroatoms. The molecule has 1 heterocycles. The minimum absolute atomic E-state index is 0.0411. The molecular formula is C13H17ClO. The summed E-state index contributed by atoms with van der Waals surface area (Å²) in [5.74, 6) is 0. The minimum Gasteiger partial charge on any atom is -0.373 e.